The van der Waals surface area contributed by atoms with Gasteiger partial charge in [-0.15, -0.1) is 0 Å². The molecule has 0 fully saturated rings. The Morgan fingerprint density at radius 2 is 2.20 bits per heavy atom. The predicted molar refractivity (Wildman–Crippen MR) is 63.8 cm³/mol. The molecular weight excluding hydrogens is 208 g/mol. The van der Waals surface area contributed by atoms with Crippen LogP contribution in [-0.2, 0) is 13.5 Å². The Balaban J connectivity index is 2.94. The fourth-order valence-electron chi connectivity index (χ4n) is 1.57. The Labute approximate surface area is 92.4 Å². The van der Waals surface area contributed by atoms with E-state index in [1.807, 2.05) is 18.2 Å². The molecule has 0 aliphatic heterocycles. The van der Waals surface area contributed by atoms with Gasteiger partial charge in [-0.3, -0.25) is 9.36 Å². The van der Waals surface area contributed by atoms with Crippen molar-refractivity contribution in [2.75, 3.05) is 0 Å². The Kier molecular flexibility index (Phi) is 2.44. The number of aromatic amines is 1. The van der Waals surface area contributed by atoms with Crippen LogP contribution in [0.5, 0.6) is 0 Å². The van der Waals surface area contributed by atoms with Gasteiger partial charge < -0.3 is 4.98 Å². The molecule has 0 saturated carbocycles. The van der Waals surface area contributed by atoms with Crippen molar-refractivity contribution < 1.29 is 0 Å². The van der Waals surface area contributed by atoms with Crippen molar-refractivity contribution in [2.24, 2.45) is 7.05 Å². The van der Waals surface area contributed by atoms with E-state index in [1.54, 1.807) is 7.05 Å². The molecule has 0 spiro atoms. The van der Waals surface area contributed by atoms with Gasteiger partial charge in [-0.25, -0.2) is 0 Å². The predicted octanol–water partition coefficient (Wildman–Crippen LogP) is 2.16. The molecule has 0 aliphatic rings. The first-order valence-electron chi connectivity index (χ1n) is 4.85. The number of hydrogen-bond acceptors (Lipinski definition) is 2. The highest BCUT2D eigenvalue weighted by molar-refractivity contribution is 7.71. The molecule has 0 atom stereocenters. The molecule has 0 radical (unpaired) electrons. The van der Waals surface area contributed by atoms with Crippen LogP contribution in [0, 0.1) is 4.77 Å². The molecule has 15 heavy (non-hydrogen) atoms. The zero-order valence-electron chi connectivity index (χ0n) is 8.70. The molecular formula is C11H12N2OS. The first-order valence-corrected chi connectivity index (χ1v) is 5.26. The normalized spacial score (nSPS) is 10.8. The molecule has 4 heteroatoms. The van der Waals surface area contributed by atoms with Crippen LogP contribution in [0.25, 0.3) is 10.9 Å². The lowest BCUT2D eigenvalue weighted by Gasteiger charge is -2.03. The van der Waals surface area contributed by atoms with E-state index in [2.05, 4.69) is 11.9 Å². The minimum Gasteiger partial charge on any atom is -0.332 e. The third-order valence-electron chi connectivity index (χ3n) is 2.57. The average Bonchev–Trinajstić information content (AvgIpc) is 2.26. The van der Waals surface area contributed by atoms with Crippen LogP contribution in [0.4, 0.5) is 0 Å². The van der Waals surface area contributed by atoms with Gasteiger partial charge in [-0.2, -0.15) is 0 Å². The molecule has 1 aromatic carbocycles. The number of aromatic nitrogens is 2. The fourth-order valence-corrected chi connectivity index (χ4v) is 1.76. The molecule has 0 aliphatic carbocycles. The van der Waals surface area contributed by atoms with Crippen LogP contribution in [-0.4, -0.2) is 9.55 Å². The third-order valence-corrected chi connectivity index (χ3v) is 2.95. The van der Waals surface area contributed by atoms with Crippen LogP contribution in [0.15, 0.2) is 23.0 Å². The Morgan fingerprint density at radius 3 is 2.87 bits per heavy atom. The average molecular weight is 220 g/mol. The summed E-state index contributed by atoms with van der Waals surface area (Å²) in [6, 6.07) is 5.83. The summed E-state index contributed by atoms with van der Waals surface area (Å²) >= 11 is 5.04. The molecule has 1 N–H and O–H groups in total. The van der Waals surface area contributed by atoms with Gasteiger partial charge in [0, 0.05) is 7.05 Å². The smallest absolute Gasteiger partial charge is 0.261 e. The van der Waals surface area contributed by atoms with Gasteiger partial charge in [0.2, 0.25) is 0 Å². The van der Waals surface area contributed by atoms with Gasteiger partial charge in [-0.05, 0) is 36.3 Å². The quantitative estimate of drug-likeness (QED) is 0.748. The highest BCUT2D eigenvalue weighted by atomic mass is 32.1. The lowest BCUT2D eigenvalue weighted by atomic mass is 10.1. The number of H-pyrrole nitrogens is 1. The van der Waals surface area contributed by atoms with E-state index in [0.717, 1.165) is 17.5 Å². The van der Waals surface area contributed by atoms with E-state index in [9.17, 15) is 4.79 Å². The molecule has 0 amide bonds. The topological polar surface area (TPSA) is 37.8 Å². The lowest BCUT2D eigenvalue weighted by Crippen LogP contribution is -2.18. The Bertz CT molecular complexity index is 625. The monoisotopic (exact) mass is 220 g/mol. The van der Waals surface area contributed by atoms with Crippen LogP contribution in [0.1, 0.15) is 12.5 Å². The van der Waals surface area contributed by atoms with Gasteiger partial charge >= 0.3 is 0 Å². The second kappa shape index (κ2) is 3.62. The van der Waals surface area contributed by atoms with Gasteiger partial charge in [0.25, 0.3) is 5.56 Å². The number of hydrogen-bond donors (Lipinski definition) is 1. The maximum Gasteiger partial charge on any atom is 0.261 e. The van der Waals surface area contributed by atoms with Crippen molar-refractivity contribution in [3.8, 4) is 0 Å². The summed E-state index contributed by atoms with van der Waals surface area (Å²) < 4.78 is 1.91. The van der Waals surface area contributed by atoms with Gasteiger partial charge in [0.15, 0.2) is 4.77 Å². The maximum absolute atomic E-state index is 11.9. The number of aryl methyl sites for hydroxylation is 1. The number of benzene rings is 1. The number of nitrogens with one attached hydrogen (secondary N) is 1. The fraction of sp³-hybridized carbons (Fsp3) is 0.273. The standard InChI is InChI=1S/C11H12N2OS/c1-3-7-4-5-9-8(6-7)10(14)13(2)11(15)12-9/h4-6H,3H2,1-2H3,(H,12,15). The number of fused-ring (bicyclic) bond motifs is 1. The van der Waals surface area contributed by atoms with Crippen LogP contribution in [0.3, 0.4) is 0 Å². The summed E-state index contributed by atoms with van der Waals surface area (Å²) in [6.45, 7) is 2.07. The third kappa shape index (κ3) is 1.61. The minimum absolute atomic E-state index is 0.0379. The molecule has 3 nitrogen and oxygen atoms in total. The molecule has 0 saturated heterocycles. The second-order valence-electron chi connectivity index (χ2n) is 3.53. The van der Waals surface area contributed by atoms with Crippen molar-refractivity contribution in [2.45, 2.75) is 13.3 Å². The van der Waals surface area contributed by atoms with E-state index >= 15 is 0 Å². The van der Waals surface area contributed by atoms with Gasteiger partial charge in [-0.1, -0.05) is 13.0 Å². The lowest BCUT2D eigenvalue weighted by molar-refractivity contribution is 0.824. The summed E-state index contributed by atoms with van der Waals surface area (Å²) in [6.07, 6.45) is 0.925. The molecule has 0 unspecified atom stereocenters. The van der Waals surface area contributed by atoms with E-state index in [0.29, 0.717) is 10.2 Å². The van der Waals surface area contributed by atoms with E-state index in [-0.39, 0.29) is 5.56 Å². The summed E-state index contributed by atoms with van der Waals surface area (Å²) in [7, 11) is 1.68. The molecule has 78 valence electrons. The summed E-state index contributed by atoms with van der Waals surface area (Å²) in [5.41, 5.74) is 1.93. The summed E-state index contributed by atoms with van der Waals surface area (Å²) in [5.74, 6) is 0. The van der Waals surface area contributed by atoms with Crippen molar-refractivity contribution >= 4 is 23.1 Å². The summed E-state index contributed by atoms with van der Waals surface area (Å²) in [4.78, 5) is 14.9. The number of rotatable bonds is 1. The van der Waals surface area contributed by atoms with Crippen molar-refractivity contribution in [3.05, 3.63) is 38.9 Å². The molecule has 1 aromatic heterocycles. The van der Waals surface area contributed by atoms with Crippen LogP contribution < -0.4 is 5.56 Å². The largest absolute Gasteiger partial charge is 0.332 e. The van der Waals surface area contributed by atoms with Crippen molar-refractivity contribution in [1.82, 2.24) is 9.55 Å². The minimum atomic E-state index is -0.0379. The van der Waals surface area contributed by atoms with Crippen LogP contribution >= 0.6 is 12.2 Å². The summed E-state index contributed by atoms with van der Waals surface area (Å²) in [5, 5.41) is 0.699. The number of nitrogens with zero attached hydrogens (tertiary/aromatic N) is 1. The van der Waals surface area contributed by atoms with Crippen LogP contribution in [0.2, 0.25) is 0 Å². The zero-order valence-corrected chi connectivity index (χ0v) is 9.52. The molecule has 0 bridgehead atoms. The second-order valence-corrected chi connectivity index (χ2v) is 3.91. The van der Waals surface area contributed by atoms with E-state index in [1.165, 1.54) is 4.57 Å². The first kappa shape index (κ1) is 10.1. The van der Waals surface area contributed by atoms with E-state index < -0.39 is 0 Å². The molecule has 2 aromatic rings. The highest BCUT2D eigenvalue weighted by Gasteiger charge is 2.02. The highest BCUT2D eigenvalue weighted by Crippen LogP contribution is 2.10. The zero-order chi connectivity index (χ0) is 11.0. The van der Waals surface area contributed by atoms with Crippen molar-refractivity contribution in [3.63, 3.8) is 0 Å². The molecule has 2 rings (SSSR count). The Hall–Kier alpha value is -1.42. The molecule has 1 heterocycles. The SMILES string of the molecule is CCc1ccc2[nH]c(=S)n(C)c(=O)c2c1. The maximum atomic E-state index is 11.9. The van der Waals surface area contributed by atoms with Crippen molar-refractivity contribution in [1.29, 1.82) is 0 Å². The van der Waals surface area contributed by atoms with E-state index in [4.69, 9.17) is 12.2 Å². The van der Waals surface area contributed by atoms with Gasteiger partial charge in [0.1, 0.15) is 0 Å². The first-order chi connectivity index (χ1) is 7.13. The Morgan fingerprint density at radius 1 is 1.47 bits per heavy atom. The van der Waals surface area contributed by atoms with Gasteiger partial charge in [0.05, 0.1) is 10.9 Å².